The first-order valence-electron chi connectivity index (χ1n) is 10.3. The molecule has 3 rings (SSSR count). The lowest BCUT2D eigenvalue weighted by Crippen LogP contribution is -2.44. The van der Waals surface area contributed by atoms with Crippen molar-refractivity contribution >= 4 is 23.2 Å². The van der Waals surface area contributed by atoms with Gasteiger partial charge in [0.25, 0.3) is 0 Å². The van der Waals surface area contributed by atoms with Gasteiger partial charge in [0.15, 0.2) is 0 Å². The van der Waals surface area contributed by atoms with Crippen LogP contribution in [0.4, 0.5) is 0 Å². The molecule has 0 saturated heterocycles. The lowest BCUT2D eigenvalue weighted by atomic mass is 9.87. The summed E-state index contributed by atoms with van der Waals surface area (Å²) in [5.41, 5.74) is 0.330. The van der Waals surface area contributed by atoms with Crippen LogP contribution in [0.3, 0.4) is 0 Å². The summed E-state index contributed by atoms with van der Waals surface area (Å²) in [5.74, 6) is 0. The predicted octanol–water partition coefficient (Wildman–Crippen LogP) is 6.59. The molecule has 0 radical (unpaired) electrons. The Balaban J connectivity index is 2.31. The second-order valence-corrected chi connectivity index (χ2v) is 13.7. The van der Waals surface area contributed by atoms with E-state index in [9.17, 15) is 0 Å². The minimum absolute atomic E-state index is 0.143. The summed E-state index contributed by atoms with van der Waals surface area (Å²) in [6.45, 7) is 12.1. The molecule has 0 aliphatic rings. The summed E-state index contributed by atoms with van der Waals surface area (Å²) in [6.07, 6.45) is 2.41. The van der Waals surface area contributed by atoms with E-state index < -0.39 is 7.26 Å². The van der Waals surface area contributed by atoms with Crippen LogP contribution in [0.1, 0.15) is 47.5 Å². The van der Waals surface area contributed by atoms with Crippen LogP contribution in [0, 0.1) is 5.41 Å². The average Bonchev–Trinajstić information content (AvgIpc) is 2.69. The second-order valence-electron chi connectivity index (χ2n) is 9.55. The fourth-order valence-electron chi connectivity index (χ4n) is 4.30. The molecule has 0 amide bonds. The van der Waals surface area contributed by atoms with Crippen molar-refractivity contribution in [3.8, 4) is 0 Å². The van der Waals surface area contributed by atoms with E-state index in [1.807, 2.05) is 0 Å². The van der Waals surface area contributed by atoms with Crippen molar-refractivity contribution in [3.63, 3.8) is 0 Å². The van der Waals surface area contributed by atoms with Gasteiger partial charge >= 0.3 is 0 Å². The van der Waals surface area contributed by atoms with Crippen molar-refractivity contribution in [2.45, 2.75) is 52.6 Å². The van der Waals surface area contributed by atoms with E-state index in [0.717, 1.165) is 0 Å². The summed E-state index contributed by atoms with van der Waals surface area (Å²) in [4.78, 5) is 0. The Kier molecular flexibility index (Phi) is 6.11. The molecule has 0 nitrogen and oxygen atoms in total. The molecule has 28 heavy (non-hydrogen) atoms. The Labute approximate surface area is 172 Å². The monoisotopic (exact) mass is 389 g/mol. The first kappa shape index (κ1) is 20.8. The van der Waals surface area contributed by atoms with Gasteiger partial charge in [-0.3, -0.25) is 0 Å². The fourth-order valence-corrected chi connectivity index (χ4v) is 9.60. The van der Waals surface area contributed by atoms with Gasteiger partial charge in [-0.15, -0.1) is 0 Å². The van der Waals surface area contributed by atoms with Crippen LogP contribution in [0.2, 0.25) is 0 Å². The zero-order valence-electron chi connectivity index (χ0n) is 18.0. The van der Waals surface area contributed by atoms with Gasteiger partial charge < -0.3 is 0 Å². The Bertz CT molecular complexity index is 762. The Morgan fingerprint density at radius 1 is 0.500 bits per heavy atom. The molecule has 0 aromatic heterocycles. The van der Waals surface area contributed by atoms with Crippen LogP contribution in [-0.4, -0.2) is 5.16 Å². The summed E-state index contributed by atoms with van der Waals surface area (Å²) in [6, 6.07) is 33.8. The van der Waals surface area contributed by atoms with Crippen molar-refractivity contribution in [1.29, 1.82) is 0 Å². The molecule has 146 valence electrons. The summed E-state index contributed by atoms with van der Waals surface area (Å²) in [7, 11) is -1.84. The van der Waals surface area contributed by atoms with Crippen LogP contribution in [-0.2, 0) is 0 Å². The van der Waals surface area contributed by atoms with Crippen LogP contribution in [0.25, 0.3) is 0 Å². The van der Waals surface area contributed by atoms with E-state index in [0.29, 0.717) is 5.41 Å². The molecule has 0 aliphatic carbocycles. The van der Waals surface area contributed by atoms with Gasteiger partial charge in [0, 0.05) is 0 Å². The molecule has 3 aromatic carbocycles. The average molecular weight is 390 g/mol. The topological polar surface area (TPSA) is 0 Å². The molecule has 1 heteroatoms. The molecular weight excluding hydrogens is 355 g/mol. The molecule has 0 N–H and O–H groups in total. The van der Waals surface area contributed by atoms with Crippen LogP contribution in [0.5, 0.6) is 0 Å². The molecule has 0 atom stereocenters. The lowest BCUT2D eigenvalue weighted by molar-refractivity contribution is 0.346. The van der Waals surface area contributed by atoms with E-state index in [2.05, 4.69) is 126 Å². The van der Waals surface area contributed by atoms with E-state index >= 15 is 0 Å². The van der Waals surface area contributed by atoms with Gasteiger partial charge in [-0.05, 0) is 68.5 Å². The van der Waals surface area contributed by atoms with Crippen molar-refractivity contribution < 1.29 is 0 Å². The van der Waals surface area contributed by atoms with Crippen LogP contribution < -0.4 is 15.9 Å². The summed E-state index contributed by atoms with van der Waals surface area (Å²) >= 11 is 0. The standard InChI is InChI=1S/C27H34P/c1-26(2,3)21-22-27(4,5)28(23-15-9-6-10-16-23,24-17-11-7-12-18-24)25-19-13-8-14-20-25/h6-20H,21-22H2,1-5H3/q+1. The highest BCUT2D eigenvalue weighted by Gasteiger charge is 2.57. The normalized spacial score (nSPS) is 12.8. The highest BCUT2D eigenvalue weighted by atomic mass is 31.2. The molecule has 3 aromatic rings. The molecule has 0 heterocycles. The third-order valence-corrected chi connectivity index (χ3v) is 11.1. The minimum Gasteiger partial charge on any atom is -0.0620 e. The highest BCUT2D eigenvalue weighted by Crippen LogP contribution is 2.67. The fraction of sp³-hybridized carbons (Fsp3) is 0.333. The molecule has 0 saturated carbocycles. The largest absolute Gasteiger partial charge is 0.117 e. The Morgan fingerprint density at radius 3 is 1.11 bits per heavy atom. The zero-order chi connectivity index (χ0) is 20.3. The summed E-state index contributed by atoms with van der Waals surface area (Å²) < 4.78 is 0. The maximum absolute atomic E-state index is 2.50. The first-order chi connectivity index (χ1) is 13.3. The van der Waals surface area contributed by atoms with E-state index in [1.165, 1.54) is 28.8 Å². The van der Waals surface area contributed by atoms with Crippen molar-refractivity contribution in [2.75, 3.05) is 0 Å². The maximum atomic E-state index is 2.50. The third kappa shape index (κ3) is 4.08. The molecule has 0 fully saturated rings. The number of benzene rings is 3. The molecule has 0 aliphatic heterocycles. The van der Waals surface area contributed by atoms with Crippen molar-refractivity contribution in [1.82, 2.24) is 0 Å². The van der Waals surface area contributed by atoms with Crippen molar-refractivity contribution in [3.05, 3.63) is 91.0 Å². The number of rotatable bonds is 6. The molecule has 0 bridgehead atoms. The maximum Gasteiger partial charge on any atom is 0.117 e. The first-order valence-corrected chi connectivity index (χ1v) is 12.1. The smallest absolute Gasteiger partial charge is 0.0620 e. The third-order valence-electron chi connectivity index (χ3n) is 5.83. The zero-order valence-corrected chi connectivity index (χ0v) is 18.9. The van der Waals surface area contributed by atoms with Crippen molar-refractivity contribution in [2.24, 2.45) is 5.41 Å². The quantitative estimate of drug-likeness (QED) is 0.417. The second kappa shape index (κ2) is 8.22. The van der Waals surface area contributed by atoms with E-state index in [-0.39, 0.29) is 5.16 Å². The van der Waals surface area contributed by atoms with Crippen LogP contribution in [0.15, 0.2) is 91.0 Å². The Hall–Kier alpha value is -1.91. The molecule has 0 spiro atoms. The highest BCUT2D eigenvalue weighted by molar-refractivity contribution is 7.96. The number of hydrogen-bond acceptors (Lipinski definition) is 0. The Morgan fingerprint density at radius 2 is 0.821 bits per heavy atom. The number of hydrogen-bond donors (Lipinski definition) is 0. The van der Waals surface area contributed by atoms with Gasteiger partial charge in [0.2, 0.25) is 0 Å². The van der Waals surface area contributed by atoms with Gasteiger partial charge in [0.1, 0.15) is 23.2 Å². The predicted molar refractivity (Wildman–Crippen MR) is 128 cm³/mol. The van der Waals surface area contributed by atoms with Crippen LogP contribution >= 0.6 is 7.26 Å². The van der Waals surface area contributed by atoms with E-state index in [4.69, 9.17) is 0 Å². The van der Waals surface area contributed by atoms with Gasteiger partial charge in [-0.1, -0.05) is 75.4 Å². The van der Waals surface area contributed by atoms with Gasteiger partial charge in [-0.2, -0.15) is 0 Å². The lowest BCUT2D eigenvalue weighted by Gasteiger charge is -2.41. The molecular formula is C27H34P+. The van der Waals surface area contributed by atoms with Gasteiger partial charge in [-0.25, -0.2) is 0 Å². The van der Waals surface area contributed by atoms with E-state index in [1.54, 1.807) is 0 Å². The van der Waals surface area contributed by atoms with Gasteiger partial charge in [0.05, 0.1) is 5.16 Å². The summed E-state index contributed by atoms with van der Waals surface area (Å²) in [5, 5.41) is 4.58. The SMILES string of the molecule is CC(C)(C)CCC(C)(C)[P+](c1ccccc1)(c1ccccc1)c1ccccc1. The molecule has 0 unspecified atom stereocenters. The minimum atomic E-state index is -1.84.